The molecule has 0 bridgehead atoms. The number of fused-ring (bicyclic) bond motifs is 1. The Morgan fingerprint density at radius 1 is 1.23 bits per heavy atom. The smallest absolute Gasteiger partial charge is 0.196 e. The van der Waals surface area contributed by atoms with Gasteiger partial charge in [0.2, 0.25) is 0 Å². The van der Waals surface area contributed by atoms with Crippen molar-refractivity contribution in [3.8, 4) is 11.5 Å². The minimum absolute atomic E-state index is 0. The predicted molar refractivity (Wildman–Crippen MR) is 112 cm³/mol. The van der Waals surface area contributed by atoms with E-state index in [1.54, 1.807) is 6.33 Å². The number of benzene rings is 1. The molecule has 0 aliphatic carbocycles. The first-order valence-corrected chi connectivity index (χ1v) is 8.61. The van der Waals surface area contributed by atoms with Gasteiger partial charge >= 0.3 is 0 Å². The van der Waals surface area contributed by atoms with Crippen molar-refractivity contribution in [1.29, 1.82) is 0 Å². The lowest BCUT2D eigenvalue weighted by atomic mass is 10.3. The van der Waals surface area contributed by atoms with E-state index >= 15 is 0 Å². The third-order valence-electron chi connectivity index (χ3n) is 3.77. The number of aromatic nitrogens is 3. The second-order valence-corrected chi connectivity index (χ2v) is 5.57. The summed E-state index contributed by atoms with van der Waals surface area (Å²) in [5.41, 5.74) is 0.890. The number of hydrogen-bond acceptors (Lipinski definition) is 5. The first kappa shape index (κ1) is 20.3. The number of aryl methyl sites for hydroxylation is 1. The maximum absolute atomic E-state index is 5.73. The SMILES string of the molecule is CCNC(=NCc1nncn1CC)Nc1ccc2c(c1)OCCCO2.I. The van der Waals surface area contributed by atoms with Crippen molar-refractivity contribution in [3.63, 3.8) is 0 Å². The van der Waals surface area contributed by atoms with Crippen molar-refractivity contribution >= 4 is 35.6 Å². The van der Waals surface area contributed by atoms with Crippen molar-refractivity contribution in [2.45, 2.75) is 33.4 Å². The van der Waals surface area contributed by atoms with Crippen molar-refractivity contribution < 1.29 is 9.47 Å². The van der Waals surface area contributed by atoms with E-state index < -0.39 is 0 Å². The van der Waals surface area contributed by atoms with Crippen molar-refractivity contribution in [1.82, 2.24) is 20.1 Å². The molecule has 0 spiro atoms. The van der Waals surface area contributed by atoms with Gasteiger partial charge in [-0.05, 0) is 26.0 Å². The molecule has 0 unspecified atom stereocenters. The van der Waals surface area contributed by atoms with Crippen LogP contribution in [0.15, 0.2) is 29.5 Å². The van der Waals surface area contributed by atoms with Gasteiger partial charge < -0.3 is 24.7 Å². The molecular weight excluding hydrogens is 447 g/mol. The zero-order valence-electron chi connectivity index (χ0n) is 15.1. The normalized spacial score (nSPS) is 13.5. The Hall–Kier alpha value is -2.04. The molecule has 2 aromatic rings. The fourth-order valence-corrected chi connectivity index (χ4v) is 2.50. The van der Waals surface area contributed by atoms with E-state index in [1.165, 1.54) is 0 Å². The number of nitrogens with one attached hydrogen (secondary N) is 2. The second kappa shape index (κ2) is 10.2. The van der Waals surface area contributed by atoms with E-state index in [1.807, 2.05) is 29.7 Å². The second-order valence-electron chi connectivity index (χ2n) is 5.57. The number of guanidine groups is 1. The Morgan fingerprint density at radius 3 is 2.81 bits per heavy atom. The summed E-state index contributed by atoms with van der Waals surface area (Å²) in [4.78, 5) is 4.59. The summed E-state index contributed by atoms with van der Waals surface area (Å²) in [6.45, 7) is 7.46. The zero-order chi connectivity index (χ0) is 17.5. The molecule has 3 rings (SSSR count). The number of nitrogens with zero attached hydrogens (tertiary/aromatic N) is 4. The summed E-state index contributed by atoms with van der Waals surface area (Å²) in [7, 11) is 0. The highest BCUT2D eigenvalue weighted by Gasteiger charge is 2.11. The molecule has 0 radical (unpaired) electrons. The topological polar surface area (TPSA) is 85.6 Å². The number of rotatable bonds is 5. The van der Waals surface area contributed by atoms with Gasteiger partial charge in [0.15, 0.2) is 23.3 Å². The lowest BCUT2D eigenvalue weighted by Crippen LogP contribution is -2.30. The zero-order valence-corrected chi connectivity index (χ0v) is 17.4. The quantitative estimate of drug-likeness (QED) is 0.396. The molecule has 142 valence electrons. The molecule has 2 heterocycles. The standard InChI is InChI=1S/C17H24N6O2.HI/c1-3-18-17(19-11-16-22-20-12-23(16)4-2)21-13-6-7-14-15(10-13)25-9-5-8-24-14;/h6-7,10,12H,3-5,8-9,11H2,1-2H3,(H2,18,19,21);1H. The van der Waals surface area contributed by atoms with E-state index in [4.69, 9.17) is 9.47 Å². The van der Waals surface area contributed by atoms with Crippen LogP contribution in [0.5, 0.6) is 11.5 Å². The molecule has 0 saturated carbocycles. The number of ether oxygens (including phenoxy) is 2. The Kier molecular flexibility index (Phi) is 7.95. The van der Waals surface area contributed by atoms with E-state index in [0.717, 1.165) is 42.5 Å². The number of hydrogen-bond donors (Lipinski definition) is 2. The Morgan fingerprint density at radius 2 is 2.04 bits per heavy atom. The van der Waals surface area contributed by atoms with Crippen LogP contribution in [0.2, 0.25) is 0 Å². The molecule has 2 N–H and O–H groups in total. The first-order chi connectivity index (χ1) is 12.3. The third kappa shape index (κ3) is 5.23. The van der Waals surface area contributed by atoms with E-state index in [9.17, 15) is 0 Å². The maximum Gasteiger partial charge on any atom is 0.196 e. The average molecular weight is 472 g/mol. The van der Waals surface area contributed by atoms with Crippen LogP contribution in [0, 0.1) is 0 Å². The van der Waals surface area contributed by atoms with Crippen LogP contribution < -0.4 is 20.1 Å². The summed E-state index contributed by atoms with van der Waals surface area (Å²) in [6.07, 6.45) is 2.61. The molecule has 1 aliphatic rings. The lowest BCUT2D eigenvalue weighted by molar-refractivity contribution is 0.297. The van der Waals surface area contributed by atoms with Gasteiger partial charge in [-0.25, -0.2) is 4.99 Å². The van der Waals surface area contributed by atoms with Gasteiger partial charge in [-0.2, -0.15) is 0 Å². The Labute approximate surface area is 170 Å². The molecular formula is C17H25IN6O2. The van der Waals surface area contributed by atoms with E-state index in [0.29, 0.717) is 25.7 Å². The first-order valence-electron chi connectivity index (χ1n) is 8.61. The summed E-state index contributed by atoms with van der Waals surface area (Å²) < 4.78 is 13.4. The van der Waals surface area contributed by atoms with Gasteiger partial charge in [-0.15, -0.1) is 34.2 Å². The van der Waals surface area contributed by atoms with Gasteiger partial charge in [-0.1, -0.05) is 0 Å². The van der Waals surface area contributed by atoms with Crippen LogP contribution in [-0.4, -0.2) is 40.5 Å². The van der Waals surface area contributed by atoms with Crippen molar-refractivity contribution in [2.24, 2.45) is 4.99 Å². The average Bonchev–Trinajstić information content (AvgIpc) is 2.96. The highest BCUT2D eigenvalue weighted by Crippen LogP contribution is 2.32. The minimum Gasteiger partial charge on any atom is -0.490 e. The summed E-state index contributed by atoms with van der Waals surface area (Å²) in [5, 5.41) is 14.6. The van der Waals surface area contributed by atoms with Crippen LogP contribution in [0.4, 0.5) is 5.69 Å². The van der Waals surface area contributed by atoms with Crippen LogP contribution in [0.3, 0.4) is 0 Å². The number of anilines is 1. The Balaban J connectivity index is 0.00000243. The third-order valence-corrected chi connectivity index (χ3v) is 3.77. The minimum atomic E-state index is 0. The number of halogens is 1. The molecule has 9 heteroatoms. The summed E-state index contributed by atoms with van der Waals surface area (Å²) in [6, 6.07) is 5.80. The van der Waals surface area contributed by atoms with Crippen LogP contribution in [0.25, 0.3) is 0 Å². The van der Waals surface area contributed by atoms with Crippen LogP contribution in [0.1, 0.15) is 26.1 Å². The predicted octanol–water partition coefficient (Wildman–Crippen LogP) is 2.65. The van der Waals surface area contributed by atoms with E-state index in [2.05, 4.69) is 32.7 Å². The van der Waals surface area contributed by atoms with Gasteiger partial charge in [0, 0.05) is 31.3 Å². The molecule has 0 atom stereocenters. The molecule has 26 heavy (non-hydrogen) atoms. The lowest BCUT2D eigenvalue weighted by Gasteiger charge is -2.13. The van der Waals surface area contributed by atoms with Gasteiger partial charge in [0.05, 0.1) is 13.2 Å². The van der Waals surface area contributed by atoms with Crippen molar-refractivity contribution in [2.75, 3.05) is 25.1 Å². The molecule has 1 aromatic carbocycles. The largest absolute Gasteiger partial charge is 0.490 e. The fourth-order valence-electron chi connectivity index (χ4n) is 2.50. The highest BCUT2D eigenvalue weighted by molar-refractivity contribution is 14.0. The maximum atomic E-state index is 5.73. The van der Waals surface area contributed by atoms with Gasteiger partial charge in [0.1, 0.15) is 12.9 Å². The number of aliphatic imine (C=N–C) groups is 1. The summed E-state index contributed by atoms with van der Waals surface area (Å²) >= 11 is 0. The monoisotopic (exact) mass is 472 g/mol. The highest BCUT2D eigenvalue weighted by atomic mass is 127. The molecule has 0 fully saturated rings. The van der Waals surface area contributed by atoms with Crippen LogP contribution in [-0.2, 0) is 13.1 Å². The molecule has 8 nitrogen and oxygen atoms in total. The fraction of sp³-hybridized carbons (Fsp3) is 0.471. The molecule has 0 saturated heterocycles. The Bertz CT molecular complexity index is 734. The van der Waals surface area contributed by atoms with Gasteiger partial charge in [-0.3, -0.25) is 0 Å². The van der Waals surface area contributed by atoms with E-state index in [-0.39, 0.29) is 24.0 Å². The van der Waals surface area contributed by atoms with Gasteiger partial charge in [0.25, 0.3) is 0 Å². The van der Waals surface area contributed by atoms with Crippen LogP contribution >= 0.6 is 24.0 Å². The van der Waals surface area contributed by atoms with Crippen molar-refractivity contribution in [3.05, 3.63) is 30.4 Å². The molecule has 1 aliphatic heterocycles. The summed E-state index contributed by atoms with van der Waals surface area (Å²) in [5.74, 6) is 3.05. The molecule has 0 amide bonds. The molecule has 1 aromatic heterocycles.